The van der Waals surface area contributed by atoms with Crippen LogP contribution in [0.25, 0.3) is 0 Å². The van der Waals surface area contributed by atoms with E-state index in [2.05, 4.69) is 20.5 Å². The summed E-state index contributed by atoms with van der Waals surface area (Å²) in [6, 6.07) is 7.27. The topological polar surface area (TPSA) is 79.9 Å². The Bertz CT molecular complexity index is 575. The number of aryl methyl sites for hydroxylation is 1. The fourth-order valence-corrected chi connectivity index (χ4v) is 1.59. The molecular weight excluding hydrogens is 256 g/mol. The van der Waals surface area contributed by atoms with Crippen molar-refractivity contribution in [3.63, 3.8) is 0 Å². The molecule has 106 valence electrons. The summed E-state index contributed by atoms with van der Waals surface area (Å²) in [5.41, 5.74) is 1.59. The summed E-state index contributed by atoms with van der Waals surface area (Å²) in [7, 11) is 0. The Hall–Kier alpha value is -2.21. The molecule has 0 aliphatic rings. The van der Waals surface area contributed by atoms with E-state index < -0.39 is 0 Å². The largest absolute Gasteiger partial charge is 0.374 e. The Kier molecular flexibility index (Phi) is 4.47. The predicted molar refractivity (Wildman–Crippen MR) is 75.4 cm³/mol. The zero-order valence-electron chi connectivity index (χ0n) is 11.8. The number of hydrogen-bond acceptors (Lipinski definition) is 4. The highest BCUT2D eigenvalue weighted by Gasteiger charge is 2.08. The molecular formula is C14H18N4O2. The second-order valence-corrected chi connectivity index (χ2v) is 4.76. The van der Waals surface area contributed by atoms with Crippen LogP contribution in [0, 0.1) is 6.92 Å². The average Bonchev–Trinajstić information content (AvgIpc) is 2.82. The molecule has 1 heterocycles. The zero-order valence-corrected chi connectivity index (χ0v) is 11.8. The second kappa shape index (κ2) is 6.29. The van der Waals surface area contributed by atoms with Gasteiger partial charge in [-0.05, 0) is 38.5 Å². The molecule has 0 saturated heterocycles. The quantitative estimate of drug-likeness (QED) is 0.876. The average molecular weight is 274 g/mol. The lowest BCUT2D eigenvalue weighted by Crippen LogP contribution is -2.13. The number of anilines is 1. The van der Waals surface area contributed by atoms with Crippen LogP contribution >= 0.6 is 0 Å². The Morgan fingerprint density at radius 2 is 2.05 bits per heavy atom. The Morgan fingerprint density at radius 1 is 1.35 bits per heavy atom. The molecule has 1 amide bonds. The van der Waals surface area contributed by atoms with Crippen LogP contribution < -0.4 is 5.32 Å². The minimum absolute atomic E-state index is 0.187. The van der Waals surface area contributed by atoms with Crippen molar-refractivity contribution in [3.05, 3.63) is 41.2 Å². The molecule has 1 aromatic carbocycles. The summed E-state index contributed by atoms with van der Waals surface area (Å²) in [5, 5.41) is 9.15. The van der Waals surface area contributed by atoms with Crippen LogP contribution in [0.15, 0.2) is 24.3 Å². The molecule has 6 nitrogen and oxygen atoms in total. The molecule has 0 atom stereocenters. The Labute approximate surface area is 117 Å². The molecule has 0 radical (unpaired) electrons. The number of amides is 1. The van der Waals surface area contributed by atoms with Crippen LogP contribution in [0.2, 0.25) is 0 Å². The van der Waals surface area contributed by atoms with E-state index >= 15 is 0 Å². The van der Waals surface area contributed by atoms with Crippen molar-refractivity contribution >= 4 is 11.9 Å². The molecule has 2 aromatic rings. The van der Waals surface area contributed by atoms with Crippen LogP contribution in [-0.4, -0.2) is 27.2 Å². The molecule has 2 rings (SSSR count). The van der Waals surface area contributed by atoms with Crippen molar-refractivity contribution in [2.45, 2.75) is 33.5 Å². The number of hydrogen-bond donors (Lipinski definition) is 2. The molecule has 0 bridgehead atoms. The van der Waals surface area contributed by atoms with Crippen molar-refractivity contribution in [3.8, 4) is 0 Å². The van der Waals surface area contributed by atoms with Gasteiger partial charge in [0.05, 0.1) is 12.7 Å². The standard InChI is InChI=1S/C14H18N4O2/c1-9(2)20-8-11-4-6-12(7-5-11)13(19)16-14-15-10(3)17-18-14/h4-7,9H,8H2,1-3H3,(H2,15,16,17,18,19). The molecule has 0 unspecified atom stereocenters. The van der Waals surface area contributed by atoms with Gasteiger partial charge in [0, 0.05) is 5.56 Å². The highest BCUT2D eigenvalue weighted by atomic mass is 16.5. The summed E-state index contributed by atoms with van der Waals surface area (Å²) < 4.78 is 5.50. The van der Waals surface area contributed by atoms with E-state index in [-0.39, 0.29) is 18.0 Å². The van der Waals surface area contributed by atoms with Crippen molar-refractivity contribution in [2.24, 2.45) is 0 Å². The van der Waals surface area contributed by atoms with Gasteiger partial charge in [-0.3, -0.25) is 15.2 Å². The first-order chi connectivity index (χ1) is 9.54. The number of benzene rings is 1. The first-order valence-electron chi connectivity index (χ1n) is 6.45. The van der Waals surface area contributed by atoms with Gasteiger partial charge in [-0.2, -0.15) is 4.98 Å². The number of nitrogens with one attached hydrogen (secondary N) is 2. The van der Waals surface area contributed by atoms with E-state index in [1.54, 1.807) is 19.1 Å². The number of carbonyl (C=O) groups is 1. The van der Waals surface area contributed by atoms with Gasteiger partial charge in [0.1, 0.15) is 5.82 Å². The lowest BCUT2D eigenvalue weighted by atomic mass is 10.1. The summed E-state index contributed by atoms with van der Waals surface area (Å²) >= 11 is 0. The number of aromatic amines is 1. The number of aromatic nitrogens is 3. The van der Waals surface area contributed by atoms with E-state index in [1.165, 1.54) is 0 Å². The maximum absolute atomic E-state index is 12.0. The van der Waals surface area contributed by atoms with Crippen LogP contribution in [0.4, 0.5) is 5.95 Å². The molecule has 0 fully saturated rings. The van der Waals surface area contributed by atoms with E-state index in [9.17, 15) is 4.79 Å². The highest BCUT2D eigenvalue weighted by molar-refractivity contribution is 6.03. The number of nitrogens with zero attached hydrogens (tertiary/aromatic N) is 2. The summed E-state index contributed by atoms with van der Waals surface area (Å²) in [6.45, 7) is 6.28. The summed E-state index contributed by atoms with van der Waals surface area (Å²) in [5.74, 6) is 0.696. The molecule has 0 aliphatic carbocycles. The molecule has 20 heavy (non-hydrogen) atoms. The second-order valence-electron chi connectivity index (χ2n) is 4.76. The predicted octanol–water partition coefficient (Wildman–Crippen LogP) is 2.29. The van der Waals surface area contributed by atoms with Gasteiger partial charge in [0.15, 0.2) is 0 Å². The third-order valence-electron chi connectivity index (χ3n) is 2.62. The van der Waals surface area contributed by atoms with Gasteiger partial charge in [-0.1, -0.05) is 12.1 Å². The first kappa shape index (κ1) is 14.2. The van der Waals surface area contributed by atoms with Crippen molar-refractivity contribution in [1.82, 2.24) is 15.2 Å². The van der Waals surface area contributed by atoms with Gasteiger partial charge in [-0.15, -0.1) is 5.10 Å². The van der Waals surface area contributed by atoms with Gasteiger partial charge >= 0.3 is 0 Å². The van der Waals surface area contributed by atoms with E-state index in [4.69, 9.17) is 4.74 Å². The molecule has 0 spiro atoms. The maximum atomic E-state index is 12.0. The molecule has 0 saturated carbocycles. The number of ether oxygens (including phenoxy) is 1. The lowest BCUT2D eigenvalue weighted by molar-refractivity contribution is 0.0657. The monoisotopic (exact) mass is 274 g/mol. The SMILES string of the molecule is Cc1nc(NC(=O)c2ccc(COC(C)C)cc2)n[nH]1. The van der Waals surface area contributed by atoms with Crippen LogP contribution in [0.3, 0.4) is 0 Å². The fraction of sp³-hybridized carbons (Fsp3) is 0.357. The Balaban J connectivity index is 1.96. The smallest absolute Gasteiger partial charge is 0.258 e. The van der Waals surface area contributed by atoms with Crippen LogP contribution in [-0.2, 0) is 11.3 Å². The third kappa shape index (κ3) is 3.89. The van der Waals surface area contributed by atoms with Gasteiger partial charge in [0.2, 0.25) is 5.95 Å². The Morgan fingerprint density at radius 3 is 2.60 bits per heavy atom. The molecule has 6 heteroatoms. The minimum Gasteiger partial charge on any atom is -0.374 e. The third-order valence-corrected chi connectivity index (χ3v) is 2.62. The van der Waals surface area contributed by atoms with Gasteiger partial charge in [0.25, 0.3) is 5.91 Å². The van der Waals surface area contributed by atoms with Crippen molar-refractivity contribution < 1.29 is 9.53 Å². The van der Waals surface area contributed by atoms with Gasteiger partial charge in [-0.25, -0.2) is 0 Å². The molecule has 2 N–H and O–H groups in total. The number of carbonyl (C=O) groups excluding carboxylic acids is 1. The van der Waals surface area contributed by atoms with Crippen molar-refractivity contribution in [1.29, 1.82) is 0 Å². The molecule has 0 aliphatic heterocycles. The van der Waals surface area contributed by atoms with Gasteiger partial charge < -0.3 is 4.74 Å². The zero-order chi connectivity index (χ0) is 14.5. The lowest BCUT2D eigenvalue weighted by Gasteiger charge is -2.08. The fourth-order valence-electron chi connectivity index (χ4n) is 1.59. The maximum Gasteiger partial charge on any atom is 0.258 e. The summed E-state index contributed by atoms with van der Waals surface area (Å²) in [6.07, 6.45) is 0.187. The summed E-state index contributed by atoms with van der Waals surface area (Å²) in [4.78, 5) is 16.0. The molecule has 1 aromatic heterocycles. The van der Waals surface area contributed by atoms with Crippen LogP contribution in [0.5, 0.6) is 0 Å². The first-order valence-corrected chi connectivity index (χ1v) is 6.45. The minimum atomic E-state index is -0.236. The van der Waals surface area contributed by atoms with E-state index in [0.29, 0.717) is 18.0 Å². The number of rotatable bonds is 5. The number of H-pyrrole nitrogens is 1. The normalized spacial score (nSPS) is 10.8. The van der Waals surface area contributed by atoms with E-state index in [1.807, 2.05) is 26.0 Å². The van der Waals surface area contributed by atoms with E-state index in [0.717, 1.165) is 5.56 Å². The van der Waals surface area contributed by atoms with Crippen molar-refractivity contribution in [2.75, 3.05) is 5.32 Å². The van der Waals surface area contributed by atoms with Crippen LogP contribution in [0.1, 0.15) is 35.6 Å². The highest BCUT2D eigenvalue weighted by Crippen LogP contribution is 2.09.